The molecule has 0 heterocycles. The lowest BCUT2D eigenvalue weighted by atomic mass is 10.2. The molecule has 0 fully saturated rings. The van der Waals surface area contributed by atoms with Crippen LogP contribution in [0.3, 0.4) is 0 Å². The van der Waals surface area contributed by atoms with E-state index in [0.29, 0.717) is 5.75 Å². The van der Waals surface area contributed by atoms with Crippen molar-refractivity contribution < 1.29 is 29.4 Å². The maximum atomic E-state index is 12.1. The molecule has 10 nitrogen and oxygen atoms in total. The molecule has 3 unspecified atom stereocenters. The summed E-state index contributed by atoms with van der Waals surface area (Å²) in [4.78, 5) is 46.4. The van der Waals surface area contributed by atoms with E-state index >= 15 is 0 Å². The van der Waals surface area contributed by atoms with Crippen LogP contribution in [-0.4, -0.2) is 82.9 Å². The van der Waals surface area contributed by atoms with Gasteiger partial charge < -0.3 is 31.9 Å². The summed E-state index contributed by atoms with van der Waals surface area (Å²) < 4.78 is 0. The van der Waals surface area contributed by atoms with Gasteiger partial charge in [0, 0.05) is 5.75 Å². The number of rotatable bonds is 12. The van der Waals surface area contributed by atoms with Crippen LogP contribution in [0.25, 0.3) is 0 Å². The first-order valence-corrected chi connectivity index (χ1v) is 9.35. The van der Waals surface area contributed by atoms with Crippen molar-refractivity contribution in [3.05, 3.63) is 0 Å². The Bertz CT molecular complexity index is 479. The smallest absolute Gasteiger partial charge is 0.328 e. The van der Waals surface area contributed by atoms with Crippen molar-refractivity contribution in [3.63, 3.8) is 0 Å². The normalized spacial score (nSPS) is 14.1. The van der Waals surface area contributed by atoms with Crippen LogP contribution in [0.15, 0.2) is 0 Å². The van der Waals surface area contributed by atoms with Gasteiger partial charge in [-0.05, 0) is 18.4 Å². The zero-order valence-electron chi connectivity index (χ0n) is 13.7. The molecule has 0 bridgehead atoms. The molecule has 0 aromatic carbocycles. The predicted octanol–water partition coefficient (Wildman–Crippen LogP) is -2.84. The Morgan fingerprint density at radius 1 is 1.16 bits per heavy atom. The van der Waals surface area contributed by atoms with Crippen molar-refractivity contribution >= 4 is 48.1 Å². The molecule has 0 aliphatic rings. The summed E-state index contributed by atoms with van der Waals surface area (Å²) in [5, 5.41) is 24.7. The van der Waals surface area contributed by atoms with Crippen LogP contribution in [0.2, 0.25) is 0 Å². The van der Waals surface area contributed by atoms with Crippen molar-refractivity contribution in [2.45, 2.75) is 24.5 Å². The molecule has 0 aromatic rings. The van der Waals surface area contributed by atoms with Gasteiger partial charge in [-0.1, -0.05) is 0 Å². The van der Waals surface area contributed by atoms with Gasteiger partial charge in [0.1, 0.15) is 12.1 Å². The van der Waals surface area contributed by atoms with Gasteiger partial charge in [0.15, 0.2) is 0 Å². The highest BCUT2D eigenvalue weighted by molar-refractivity contribution is 7.98. The van der Waals surface area contributed by atoms with Gasteiger partial charge in [-0.25, -0.2) is 4.79 Å². The Kier molecular flexibility index (Phi) is 12.0. The highest BCUT2D eigenvalue weighted by atomic mass is 32.2. The topological polar surface area (TPSA) is 171 Å². The molecule has 0 spiro atoms. The second-order valence-electron chi connectivity index (χ2n) is 4.99. The Morgan fingerprint density at radius 3 is 2.28 bits per heavy atom. The fourth-order valence-corrected chi connectivity index (χ4v) is 2.23. The fourth-order valence-electron chi connectivity index (χ4n) is 1.59. The van der Waals surface area contributed by atoms with Gasteiger partial charge in [0.05, 0.1) is 19.2 Å². The number of carbonyl (C=O) groups is 4. The predicted molar refractivity (Wildman–Crippen MR) is 96.4 cm³/mol. The van der Waals surface area contributed by atoms with Gasteiger partial charge in [-0.3, -0.25) is 14.4 Å². The molecule has 0 saturated heterocycles. The second kappa shape index (κ2) is 12.8. The quantitative estimate of drug-likeness (QED) is 0.173. The Hall–Kier alpha value is -1.50. The number of amides is 3. The second-order valence-corrected chi connectivity index (χ2v) is 6.34. The number of aliphatic hydroxyl groups is 1. The van der Waals surface area contributed by atoms with E-state index in [1.165, 1.54) is 11.8 Å². The van der Waals surface area contributed by atoms with Crippen LogP contribution >= 0.6 is 24.4 Å². The zero-order chi connectivity index (χ0) is 19.4. The number of thioether (sulfide) groups is 1. The first-order chi connectivity index (χ1) is 11.8. The molecule has 0 aliphatic carbocycles. The number of carbonyl (C=O) groups excluding carboxylic acids is 3. The highest BCUT2D eigenvalue weighted by Gasteiger charge is 2.26. The van der Waals surface area contributed by atoms with Crippen LogP contribution in [0, 0.1) is 0 Å². The average Bonchev–Trinajstić information content (AvgIpc) is 2.59. The van der Waals surface area contributed by atoms with E-state index < -0.39 is 48.4 Å². The van der Waals surface area contributed by atoms with Gasteiger partial charge in [0.2, 0.25) is 17.7 Å². The van der Waals surface area contributed by atoms with Crippen LogP contribution < -0.4 is 21.7 Å². The van der Waals surface area contributed by atoms with E-state index in [9.17, 15) is 19.2 Å². The molecule has 144 valence electrons. The van der Waals surface area contributed by atoms with Crippen molar-refractivity contribution in [2.75, 3.05) is 30.9 Å². The van der Waals surface area contributed by atoms with Crippen LogP contribution in [0.4, 0.5) is 0 Å². The molecular weight excluding hydrogens is 372 g/mol. The monoisotopic (exact) mass is 396 g/mol. The summed E-state index contributed by atoms with van der Waals surface area (Å²) in [5.74, 6) is -2.66. The third-order valence-corrected chi connectivity index (χ3v) is 4.05. The van der Waals surface area contributed by atoms with E-state index in [-0.39, 0.29) is 18.7 Å². The van der Waals surface area contributed by atoms with Gasteiger partial charge in [-0.2, -0.15) is 24.4 Å². The van der Waals surface area contributed by atoms with E-state index in [2.05, 4.69) is 28.6 Å². The summed E-state index contributed by atoms with van der Waals surface area (Å²) in [6, 6.07) is -3.31. The third-order valence-electron chi connectivity index (χ3n) is 3.02. The number of nitrogens with one attached hydrogen (secondary N) is 3. The first kappa shape index (κ1) is 23.5. The number of thiol groups is 1. The van der Waals surface area contributed by atoms with E-state index in [1.807, 2.05) is 6.26 Å². The molecule has 0 aromatic heterocycles. The standard InChI is InChI=1S/C13H24N4O6S2/c1-25-3-2-8(12(21)17-9(5-18)13(22)23)16-10(19)4-15-11(20)7(14)6-24/h7-9,18,24H,2-6,14H2,1H3,(H,15,20)(H,16,19)(H,17,21)(H,22,23). The summed E-state index contributed by atoms with van der Waals surface area (Å²) in [6.45, 7) is -1.16. The largest absolute Gasteiger partial charge is 0.480 e. The van der Waals surface area contributed by atoms with Crippen molar-refractivity contribution in [3.8, 4) is 0 Å². The van der Waals surface area contributed by atoms with Gasteiger partial charge in [-0.15, -0.1) is 0 Å². The number of aliphatic carboxylic acids is 1. The lowest BCUT2D eigenvalue weighted by Gasteiger charge is -2.20. The number of carboxylic acid groups (broad SMARTS) is 1. The van der Waals surface area contributed by atoms with Gasteiger partial charge in [0.25, 0.3) is 0 Å². The fraction of sp³-hybridized carbons (Fsp3) is 0.692. The minimum absolute atomic E-state index is 0.115. The first-order valence-electron chi connectivity index (χ1n) is 7.33. The molecule has 3 atom stereocenters. The van der Waals surface area contributed by atoms with E-state index in [0.717, 1.165) is 0 Å². The Balaban J connectivity index is 4.69. The summed E-state index contributed by atoms with van der Waals surface area (Å²) in [7, 11) is 0. The average molecular weight is 396 g/mol. The van der Waals surface area contributed by atoms with Crippen LogP contribution in [0.1, 0.15) is 6.42 Å². The number of nitrogens with two attached hydrogens (primary N) is 1. The van der Waals surface area contributed by atoms with Crippen LogP contribution in [0.5, 0.6) is 0 Å². The summed E-state index contributed by atoms with van der Waals surface area (Å²) >= 11 is 5.31. The maximum absolute atomic E-state index is 12.1. The van der Waals surface area contributed by atoms with Crippen molar-refractivity contribution in [2.24, 2.45) is 5.73 Å². The Morgan fingerprint density at radius 2 is 1.80 bits per heavy atom. The summed E-state index contributed by atoms with van der Waals surface area (Å²) in [5.41, 5.74) is 5.45. The molecule has 7 N–H and O–H groups in total. The molecule has 25 heavy (non-hydrogen) atoms. The zero-order valence-corrected chi connectivity index (χ0v) is 15.4. The van der Waals surface area contributed by atoms with Crippen molar-refractivity contribution in [1.29, 1.82) is 0 Å². The molecule has 0 saturated carbocycles. The minimum Gasteiger partial charge on any atom is -0.480 e. The molecule has 0 rings (SSSR count). The van der Waals surface area contributed by atoms with E-state index in [1.54, 1.807) is 0 Å². The van der Waals surface area contributed by atoms with Crippen molar-refractivity contribution in [1.82, 2.24) is 16.0 Å². The molecule has 3 amide bonds. The number of hydrogen-bond donors (Lipinski definition) is 7. The molecule has 0 aliphatic heterocycles. The minimum atomic E-state index is -1.46. The Labute approximate surface area is 155 Å². The number of carboxylic acids is 1. The maximum Gasteiger partial charge on any atom is 0.328 e. The lowest BCUT2D eigenvalue weighted by Crippen LogP contribution is -2.54. The third kappa shape index (κ3) is 9.53. The van der Waals surface area contributed by atoms with E-state index in [4.69, 9.17) is 15.9 Å². The lowest BCUT2D eigenvalue weighted by molar-refractivity contribution is -0.143. The SMILES string of the molecule is CSCCC(NC(=O)CNC(=O)C(N)CS)C(=O)NC(CO)C(=O)O. The molecule has 12 heteroatoms. The molecular formula is C13H24N4O6S2. The number of aliphatic hydroxyl groups excluding tert-OH is 1. The van der Waals surface area contributed by atoms with Gasteiger partial charge >= 0.3 is 5.97 Å². The van der Waals surface area contributed by atoms with Crippen LogP contribution in [-0.2, 0) is 19.2 Å². The number of hydrogen-bond acceptors (Lipinski definition) is 8. The summed E-state index contributed by atoms with van der Waals surface area (Å²) in [6.07, 6.45) is 2.06. The molecule has 0 radical (unpaired) electrons. The highest BCUT2D eigenvalue weighted by Crippen LogP contribution is 2.02.